The Labute approximate surface area is 195 Å². The van der Waals surface area contributed by atoms with E-state index in [0.29, 0.717) is 12.5 Å². The normalized spacial score (nSPS) is 15.4. The smallest absolute Gasteiger partial charge is 0.330 e. The molecular formula is C21H27F2N5O5S. The molecule has 13 heteroatoms. The van der Waals surface area contributed by atoms with Crippen LogP contribution in [0.25, 0.3) is 0 Å². The van der Waals surface area contributed by atoms with Crippen molar-refractivity contribution in [2.45, 2.75) is 44.0 Å². The molecule has 1 aromatic carbocycles. The molecule has 34 heavy (non-hydrogen) atoms. The topological polar surface area (TPSA) is 139 Å². The third kappa shape index (κ3) is 4.89. The number of benzene rings is 1. The van der Waals surface area contributed by atoms with Gasteiger partial charge in [-0.2, -0.15) is 4.31 Å². The maximum atomic E-state index is 13.5. The number of carbonyl (C=O) groups excluding carboxylic acids is 1. The van der Waals surface area contributed by atoms with Crippen molar-refractivity contribution in [3.8, 4) is 0 Å². The van der Waals surface area contributed by atoms with Crippen LogP contribution in [0.3, 0.4) is 0 Å². The van der Waals surface area contributed by atoms with Crippen LogP contribution < -0.4 is 21.9 Å². The molecule has 1 fully saturated rings. The van der Waals surface area contributed by atoms with E-state index in [1.165, 1.54) is 11.6 Å². The number of nitrogens with one attached hydrogen (secondary N) is 1. The fraction of sp³-hybridized carbons (Fsp3) is 0.476. The summed E-state index contributed by atoms with van der Waals surface area (Å²) in [5, 5.41) is 0. The zero-order chi connectivity index (χ0) is 25.2. The number of hydrogen-bond acceptors (Lipinski definition) is 6. The van der Waals surface area contributed by atoms with Gasteiger partial charge in [0.1, 0.15) is 5.82 Å². The third-order valence-corrected chi connectivity index (χ3v) is 7.84. The van der Waals surface area contributed by atoms with Gasteiger partial charge in [-0.3, -0.25) is 19.1 Å². The molecule has 0 atom stereocenters. The number of anilines is 2. The van der Waals surface area contributed by atoms with Gasteiger partial charge in [0.2, 0.25) is 15.9 Å². The molecule has 0 radical (unpaired) electrons. The average Bonchev–Trinajstić information content (AvgIpc) is 2.80. The average molecular weight is 500 g/mol. The van der Waals surface area contributed by atoms with Crippen LogP contribution in [0.5, 0.6) is 0 Å². The second-order valence-electron chi connectivity index (χ2n) is 8.15. The van der Waals surface area contributed by atoms with Gasteiger partial charge in [-0.1, -0.05) is 13.3 Å². The molecule has 3 rings (SSSR count). The van der Waals surface area contributed by atoms with Crippen LogP contribution in [0.15, 0.2) is 32.7 Å². The Morgan fingerprint density at radius 1 is 1.21 bits per heavy atom. The third-order valence-electron chi connectivity index (χ3n) is 5.95. The summed E-state index contributed by atoms with van der Waals surface area (Å²) < 4.78 is 54.6. The van der Waals surface area contributed by atoms with E-state index in [1.54, 1.807) is 0 Å². The minimum Gasteiger partial charge on any atom is -0.383 e. The van der Waals surface area contributed by atoms with Crippen molar-refractivity contribution in [1.29, 1.82) is 0 Å². The van der Waals surface area contributed by atoms with Gasteiger partial charge in [0.05, 0.1) is 4.90 Å². The molecule has 0 spiro atoms. The van der Waals surface area contributed by atoms with E-state index in [9.17, 15) is 31.6 Å². The summed E-state index contributed by atoms with van der Waals surface area (Å²) in [6.07, 6.45) is 1.75. The van der Waals surface area contributed by atoms with Gasteiger partial charge in [0, 0.05) is 32.6 Å². The molecule has 2 aromatic rings. The molecule has 1 amide bonds. The number of aromatic amines is 1. The predicted molar refractivity (Wildman–Crippen MR) is 122 cm³/mol. The van der Waals surface area contributed by atoms with Crippen molar-refractivity contribution >= 4 is 27.4 Å². The fourth-order valence-electron chi connectivity index (χ4n) is 3.95. The fourth-order valence-corrected chi connectivity index (χ4v) is 5.44. The first kappa shape index (κ1) is 25.6. The molecule has 0 unspecified atom stereocenters. The SMILES string of the molecule is CCCCn1c(N)c(N(C)C(=O)C2CCN(S(=O)(=O)c3ccc(F)c(F)c3)CC2)c(=O)[nH]c1=O. The van der Waals surface area contributed by atoms with Crippen LogP contribution in [-0.2, 0) is 21.4 Å². The Morgan fingerprint density at radius 3 is 2.44 bits per heavy atom. The van der Waals surface area contributed by atoms with E-state index in [1.807, 2.05) is 6.92 Å². The van der Waals surface area contributed by atoms with Crippen molar-refractivity contribution in [2.24, 2.45) is 5.92 Å². The van der Waals surface area contributed by atoms with Gasteiger partial charge in [-0.25, -0.2) is 22.0 Å². The lowest BCUT2D eigenvalue weighted by molar-refractivity contribution is -0.123. The van der Waals surface area contributed by atoms with Crippen LogP contribution in [-0.4, -0.2) is 48.3 Å². The Hall–Kier alpha value is -3.06. The van der Waals surface area contributed by atoms with E-state index < -0.39 is 44.7 Å². The second-order valence-corrected chi connectivity index (χ2v) is 10.1. The molecule has 2 heterocycles. The van der Waals surface area contributed by atoms with Crippen molar-refractivity contribution in [1.82, 2.24) is 13.9 Å². The molecule has 10 nitrogen and oxygen atoms in total. The zero-order valence-electron chi connectivity index (χ0n) is 18.9. The number of piperidine rings is 1. The number of halogens is 2. The van der Waals surface area contributed by atoms with Gasteiger partial charge < -0.3 is 10.6 Å². The highest BCUT2D eigenvalue weighted by atomic mass is 32.2. The molecule has 0 bridgehead atoms. The van der Waals surface area contributed by atoms with Crippen molar-refractivity contribution in [3.05, 3.63) is 50.7 Å². The maximum absolute atomic E-state index is 13.5. The van der Waals surface area contributed by atoms with E-state index in [0.717, 1.165) is 27.8 Å². The molecule has 0 aliphatic carbocycles. The lowest BCUT2D eigenvalue weighted by Crippen LogP contribution is -2.45. The van der Waals surface area contributed by atoms with Crippen LogP contribution in [0.4, 0.5) is 20.3 Å². The number of H-pyrrole nitrogens is 1. The molecule has 1 aliphatic rings. The number of unbranched alkanes of at least 4 members (excludes halogenated alkanes) is 1. The molecule has 1 aliphatic heterocycles. The lowest BCUT2D eigenvalue weighted by atomic mass is 9.96. The van der Waals surface area contributed by atoms with Gasteiger partial charge in [-0.05, 0) is 37.5 Å². The highest BCUT2D eigenvalue weighted by molar-refractivity contribution is 7.89. The number of sulfonamides is 1. The van der Waals surface area contributed by atoms with Crippen molar-refractivity contribution in [3.63, 3.8) is 0 Å². The quantitative estimate of drug-likeness (QED) is 0.588. The standard InChI is InChI=1S/C21H27F2N5O5S/c1-3-4-9-28-18(24)17(19(29)25-21(28)31)26(2)20(30)13-7-10-27(11-8-13)34(32,33)14-5-6-15(22)16(23)12-14/h5-6,12-13H,3-4,7-11,24H2,1-2H3,(H,25,29,31). The molecule has 1 aromatic heterocycles. The molecule has 1 saturated heterocycles. The lowest BCUT2D eigenvalue weighted by Gasteiger charge is -2.32. The van der Waals surface area contributed by atoms with Gasteiger partial charge in [0.15, 0.2) is 17.3 Å². The summed E-state index contributed by atoms with van der Waals surface area (Å²) in [5.41, 5.74) is 4.48. The Bertz CT molecular complexity index is 1300. The minimum atomic E-state index is -4.07. The summed E-state index contributed by atoms with van der Waals surface area (Å²) in [7, 11) is -2.69. The van der Waals surface area contributed by atoms with Crippen molar-refractivity contribution < 1.29 is 22.0 Å². The molecular weight excluding hydrogens is 472 g/mol. The van der Waals surface area contributed by atoms with Crippen LogP contribution in [0.1, 0.15) is 32.6 Å². The molecule has 3 N–H and O–H groups in total. The number of rotatable bonds is 7. The highest BCUT2D eigenvalue weighted by Crippen LogP contribution is 2.27. The summed E-state index contributed by atoms with van der Waals surface area (Å²) in [5.74, 6) is -3.58. The van der Waals surface area contributed by atoms with Gasteiger partial charge >= 0.3 is 5.69 Å². The first-order valence-electron chi connectivity index (χ1n) is 10.8. The van der Waals surface area contributed by atoms with E-state index >= 15 is 0 Å². The minimum absolute atomic E-state index is 0.0204. The van der Waals surface area contributed by atoms with Crippen LogP contribution in [0.2, 0.25) is 0 Å². The highest BCUT2D eigenvalue weighted by Gasteiger charge is 2.35. The first-order chi connectivity index (χ1) is 16.0. The number of hydrogen-bond donors (Lipinski definition) is 2. The zero-order valence-corrected chi connectivity index (χ0v) is 19.7. The maximum Gasteiger partial charge on any atom is 0.330 e. The number of amides is 1. The van der Waals surface area contributed by atoms with Crippen molar-refractivity contribution in [2.75, 3.05) is 30.8 Å². The Morgan fingerprint density at radius 2 is 1.85 bits per heavy atom. The van der Waals surface area contributed by atoms with E-state index in [-0.39, 0.29) is 48.9 Å². The van der Waals surface area contributed by atoms with Crippen LogP contribution >= 0.6 is 0 Å². The predicted octanol–water partition coefficient (Wildman–Crippen LogP) is 1.26. The monoisotopic (exact) mass is 499 g/mol. The number of aromatic nitrogens is 2. The summed E-state index contributed by atoms with van der Waals surface area (Å²) in [6.45, 7) is 2.18. The Balaban J connectivity index is 1.76. The largest absolute Gasteiger partial charge is 0.383 e. The Kier molecular flexibility index (Phi) is 7.56. The summed E-state index contributed by atoms with van der Waals surface area (Å²) in [4.78, 5) is 40.5. The van der Waals surface area contributed by atoms with Gasteiger partial charge in [-0.15, -0.1) is 0 Å². The number of nitrogen functional groups attached to an aromatic ring is 1. The number of nitrogens with two attached hydrogens (primary N) is 1. The molecule has 0 saturated carbocycles. The number of nitrogens with zero attached hydrogens (tertiary/aromatic N) is 3. The first-order valence-corrected chi connectivity index (χ1v) is 12.3. The summed E-state index contributed by atoms with van der Waals surface area (Å²) >= 11 is 0. The van der Waals surface area contributed by atoms with E-state index in [4.69, 9.17) is 5.73 Å². The molecule has 186 valence electrons. The summed E-state index contributed by atoms with van der Waals surface area (Å²) in [6, 6.07) is 2.36. The van der Waals surface area contributed by atoms with Gasteiger partial charge in [0.25, 0.3) is 5.56 Å². The number of carbonyl (C=O) groups is 1. The van der Waals surface area contributed by atoms with Crippen LogP contribution in [0, 0.1) is 17.6 Å². The second kappa shape index (κ2) is 10.1. The van der Waals surface area contributed by atoms with E-state index in [2.05, 4.69) is 4.98 Å².